The second-order valence-electron chi connectivity index (χ2n) is 8.08. The molecule has 0 bridgehead atoms. The molecule has 0 unspecified atom stereocenters. The molecule has 0 atom stereocenters. The molecule has 0 spiro atoms. The molecular weight excluding hydrogens is 569 g/mol. The molecular formula is C32H24N6Ru. The van der Waals surface area contributed by atoms with E-state index in [1.165, 1.54) is 0 Å². The Labute approximate surface area is 239 Å². The van der Waals surface area contributed by atoms with E-state index in [1.807, 2.05) is 84.9 Å². The predicted octanol–water partition coefficient (Wildman–Crippen LogP) is 7.07. The fourth-order valence-electron chi connectivity index (χ4n) is 3.74. The van der Waals surface area contributed by atoms with Crippen molar-refractivity contribution in [2.75, 3.05) is 0 Å². The average Bonchev–Trinajstić information content (AvgIpc) is 3.03. The first kappa shape index (κ1) is 27.3. The third kappa shape index (κ3) is 7.40. The minimum atomic E-state index is 0. The Bertz CT molecular complexity index is 1500. The minimum Gasteiger partial charge on any atom is -0.255 e. The van der Waals surface area contributed by atoms with Crippen molar-refractivity contribution in [1.82, 2.24) is 29.9 Å². The van der Waals surface area contributed by atoms with Crippen LogP contribution in [0.25, 0.3) is 44.6 Å². The van der Waals surface area contributed by atoms with E-state index in [0.29, 0.717) is 0 Å². The SMILES string of the molecule is [Ru].c1ccc(-c2ccccn2)nc1.c1ccc(-c2ccccn2)nc1.c1cnc2c(c1)ccc1cccnc12. The topological polar surface area (TPSA) is 77.3 Å². The number of pyridine rings is 6. The van der Waals surface area contributed by atoms with E-state index in [0.717, 1.165) is 44.6 Å². The summed E-state index contributed by atoms with van der Waals surface area (Å²) >= 11 is 0. The first-order chi connectivity index (χ1) is 18.9. The van der Waals surface area contributed by atoms with Gasteiger partial charge in [-0.2, -0.15) is 0 Å². The van der Waals surface area contributed by atoms with Crippen LogP contribution < -0.4 is 0 Å². The van der Waals surface area contributed by atoms with Gasteiger partial charge in [-0.25, -0.2) is 0 Å². The Hall–Kier alpha value is -4.74. The van der Waals surface area contributed by atoms with Gasteiger partial charge >= 0.3 is 0 Å². The molecule has 6 nitrogen and oxygen atoms in total. The molecule has 0 saturated heterocycles. The molecule has 6 aromatic heterocycles. The van der Waals surface area contributed by atoms with Gasteiger partial charge in [0, 0.05) is 67.4 Å². The van der Waals surface area contributed by atoms with Gasteiger partial charge in [-0.15, -0.1) is 0 Å². The van der Waals surface area contributed by atoms with Crippen LogP contribution in [0.15, 0.2) is 146 Å². The van der Waals surface area contributed by atoms with Crippen LogP contribution in [0.2, 0.25) is 0 Å². The van der Waals surface area contributed by atoms with E-state index in [-0.39, 0.29) is 19.5 Å². The molecule has 0 saturated carbocycles. The number of aromatic nitrogens is 6. The van der Waals surface area contributed by atoms with Crippen molar-refractivity contribution in [3.8, 4) is 22.8 Å². The first-order valence-electron chi connectivity index (χ1n) is 12.1. The Morgan fingerprint density at radius 2 is 0.590 bits per heavy atom. The van der Waals surface area contributed by atoms with Crippen LogP contribution in [-0.4, -0.2) is 29.9 Å². The Morgan fingerprint density at radius 1 is 0.282 bits per heavy atom. The van der Waals surface area contributed by atoms with Crippen LogP contribution in [-0.2, 0) is 19.5 Å². The molecule has 0 aliphatic rings. The Morgan fingerprint density at radius 3 is 0.872 bits per heavy atom. The number of rotatable bonds is 2. The van der Waals surface area contributed by atoms with E-state index in [1.54, 1.807) is 37.2 Å². The van der Waals surface area contributed by atoms with Crippen molar-refractivity contribution >= 4 is 21.8 Å². The van der Waals surface area contributed by atoms with E-state index in [9.17, 15) is 0 Å². The maximum atomic E-state index is 4.35. The molecule has 0 N–H and O–H groups in total. The van der Waals surface area contributed by atoms with Crippen LogP contribution in [0.5, 0.6) is 0 Å². The third-order valence-corrected chi connectivity index (χ3v) is 5.53. The van der Waals surface area contributed by atoms with Crippen molar-refractivity contribution in [3.63, 3.8) is 0 Å². The van der Waals surface area contributed by atoms with Crippen LogP contribution in [0, 0.1) is 0 Å². The van der Waals surface area contributed by atoms with Gasteiger partial charge < -0.3 is 0 Å². The molecule has 1 aromatic carbocycles. The fraction of sp³-hybridized carbons (Fsp3) is 0. The van der Waals surface area contributed by atoms with Crippen molar-refractivity contribution < 1.29 is 19.5 Å². The monoisotopic (exact) mass is 594 g/mol. The van der Waals surface area contributed by atoms with Crippen molar-refractivity contribution in [2.24, 2.45) is 0 Å². The molecule has 7 aromatic rings. The van der Waals surface area contributed by atoms with Crippen LogP contribution in [0.3, 0.4) is 0 Å². The second-order valence-corrected chi connectivity index (χ2v) is 8.08. The summed E-state index contributed by atoms with van der Waals surface area (Å²) in [6.45, 7) is 0. The summed E-state index contributed by atoms with van der Waals surface area (Å²) < 4.78 is 0. The number of hydrogen-bond acceptors (Lipinski definition) is 6. The van der Waals surface area contributed by atoms with Gasteiger partial charge in [-0.1, -0.05) is 48.5 Å². The summed E-state index contributed by atoms with van der Waals surface area (Å²) in [6, 6.07) is 35.3. The molecule has 0 aliphatic heterocycles. The van der Waals surface area contributed by atoms with Crippen LogP contribution >= 0.6 is 0 Å². The molecule has 0 aliphatic carbocycles. The maximum Gasteiger partial charge on any atom is 0.0964 e. The zero-order valence-corrected chi connectivity index (χ0v) is 22.6. The van der Waals surface area contributed by atoms with Gasteiger partial charge in [0.15, 0.2) is 0 Å². The summed E-state index contributed by atoms with van der Waals surface area (Å²) in [5.41, 5.74) is 5.61. The number of benzene rings is 1. The van der Waals surface area contributed by atoms with Gasteiger partial charge in [0.25, 0.3) is 0 Å². The Balaban J connectivity index is 0.000000135. The summed E-state index contributed by atoms with van der Waals surface area (Å²) in [5, 5.41) is 2.28. The first-order valence-corrected chi connectivity index (χ1v) is 12.1. The van der Waals surface area contributed by atoms with Gasteiger partial charge in [0.1, 0.15) is 0 Å². The number of nitrogens with zero attached hydrogens (tertiary/aromatic N) is 6. The molecule has 6 heterocycles. The molecule has 190 valence electrons. The molecule has 0 amide bonds. The molecule has 7 rings (SSSR count). The maximum absolute atomic E-state index is 4.35. The van der Waals surface area contributed by atoms with E-state index >= 15 is 0 Å². The minimum absolute atomic E-state index is 0. The van der Waals surface area contributed by atoms with E-state index in [4.69, 9.17) is 0 Å². The van der Waals surface area contributed by atoms with Gasteiger partial charge in [0.05, 0.1) is 33.8 Å². The Kier molecular flexibility index (Phi) is 9.99. The van der Waals surface area contributed by atoms with E-state index < -0.39 is 0 Å². The zero-order chi connectivity index (χ0) is 25.8. The van der Waals surface area contributed by atoms with Gasteiger partial charge in [-0.3, -0.25) is 29.9 Å². The van der Waals surface area contributed by atoms with Crippen molar-refractivity contribution in [3.05, 3.63) is 146 Å². The van der Waals surface area contributed by atoms with Crippen molar-refractivity contribution in [1.29, 1.82) is 0 Å². The number of hydrogen-bond donors (Lipinski definition) is 0. The molecule has 0 radical (unpaired) electrons. The zero-order valence-electron chi connectivity index (χ0n) is 20.9. The smallest absolute Gasteiger partial charge is 0.0964 e. The average molecular weight is 594 g/mol. The summed E-state index contributed by atoms with van der Waals surface area (Å²) in [6.07, 6.45) is 10.7. The molecule has 7 heteroatoms. The van der Waals surface area contributed by atoms with E-state index in [2.05, 4.69) is 54.2 Å². The van der Waals surface area contributed by atoms with Crippen LogP contribution in [0.1, 0.15) is 0 Å². The fourth-order valence-corrected chi connectivity index (χ4v) is 3.74. The van der Waals surface area contributed by atoms with Gasteiger partial charge in [-0.05, 0) is 60.7 Å². The third-order valence-electron chi connectivity index (χ3n) is 5.53. The normalized spacial score (nSPS) is 9.85. The van der Waals surface area contributed by atoms with Crippen LogP contribution in [0.4, 0.5) is 0 Å². The molecule has 0 fully saturated rings. The van der Waals surface area contributed by atoms with Crippen molar-refractivity contribution in [2.45, 2.75) is 0 Å². The summed E-state index contributed by atoms with van der Waals surface area (Å²) in [7, 11) is 0. The standard InChI is InChI=1S/C12H8N2.2C10H8N2.Ru/c1-3-9-5-6-10-4-2-8-14-12(10)11(9)13-7-1;2*1-3-7-11-9(5-1)10-6-2-4-8-12-10;/h1-8H;2*1-8H;. The largest absolute Gasteiger partial charge is 0.255 e. The van der Waals surface area contributed by atoms with Gasteiger partial charge in [0.2, 0.25) is 0 Å². The summed E-state index contributed by atoms with van der Waals surface area (Å²) in [5.74, 6) is 0. The predicted molar refractivity (Wildman–Crippen MR) is 152 cm³/mol. The molecule has 39 heavy (non-hydrogen) atoms. The second kappa shape index (κ2) is 14.3. The summed E-state index contributed by atoms with van der Waals surface area (Å²) in [4.78, 5) is 25.4. The quantitative estimate of drug-likeness (QED) is 0.158. The number of fused-ring (bicyclic) bond motifs is 3.